The highest BCUT2D eigenvalue weighted by Crippen LogP contribution is 2.34. The van der Waals surface area contributed by atoms with Gasteiger partial charge in [-0.3, -0.25) is 0 Å². The van der Waals surface area contributed by atoms with Crippen LogP contribution in [0.3, 0.4) is 0 Å². The lowest BCUT2D eigenvalue weighted by molar-refractivity contribution is -0.140. The van der Waals surface area contributed by atoms with Crippen molar-refractivity contribution in [1.29, 1.82) is 0 Å². The molecule has 0 atom stereocenters. The molecule has 0 N–H and O–H groups in total. The Morgan fingerprint density at radius 2 is 2.08 bits per heavy atom. The van der Waals surface area contributed by atoms with E-state index in [1.54, 1.807) is 0 Å². The van der Waals surface area contributed by atoms with Gasteiger partial charge in [0.2, 0.25) is 0 Å². The summed E-state index contributed by atoms with van der Waals surface area (Å²) < 4.78 is 36.5. The lowest BCUT2D eigenvalue weighted by atomic mass is 10.3. The molecule has 0 aliphatic rings. The van der Waals surface area contributed by atoms with Crippen LogP contribution in [0.4, 0.5) is 13.2 Å². The quantitative estimate of drug-likeness (QED) is 0.634. The van der Waals surface area contributed by atoms with Gasteiger partial charge in [0.1, 0.15) is 5.03 Å². The maximum absolute atomic E-state index is 12.2. The first kappa shape index (κ1) is 9.38. The molecule has 0 aliphatic heterocycles. The van der Waals surface area contributed by atoms with Crippen molar-refractivity contribution in [3.05, 3.63) is 30.1 Å². The van der Waals surface area contributed by atoms with Crippen LogP contribution in [0.25, 0.3) is 0 Å². The number of hydrogen-bond donors (Lipinski definition) is 0. The standard InChI is InChI=1S/C7H5F3NS/c1-12-6-5(7(8,9)10)3-2-4-11-6/h2-4H,1H2. The molecule has 0 unspecified atom stereocenters. The molecule has 0 aliphatic carbocycles. The van der Waals surface area contributed by atoms with Gasteiger partial charge in [-0.05, 0) is 12.1 Å². The Hall–Kier alpha value is -0.710. The number of rotatable bonds is 1. The molecule has 1 rings (SSSR count). The van der Waals surface area contributed by atoms with E-state index < -0.39 is 11.7 Å². The SMILES string of the molecule is [CH2]Sc1ncccc1C(F)(F)F. The van der Waals surface area contributed by atoms with Crippen LogP contribution in [0.5, 0.6) is 0 Å². The summed E-state index contributed by atoms with van der Waals surface area (Å²) in [7, 11) is 0. The fraction of sp³-hybridized carbons (Fsp3) is 0.143. The third-order valence-corrected chi connectivity index (χ3v) is 1.81. The van der Waals surface area contributed by atoms with Crippen LogP contribution in [-0.4, -0.2) is 4.98 Å². The van der Waals surface area contributed by atoms with Crippen LogP contribution < -0.4 is 0 Å². The summed E-state index contributed by atoms with van der Waals surface area (Å²) in [6.07, 6.45) is 0.254. The molecule has 1 radical (unpaired) electrons. The molecule has 1 aromatic rings. The Morgan fingerprint density at radius 3 is 2.50 bits per heavy atom. The van der Waals surface area contributed by atoms with Gasteiger partial charge in [0.25, 0.3) is 0 Å². The lowest BCUT2D eigenvalue weighted by Gasteiger charge is -2.08. The summed E-state index contributed by atoms with van der Waals surface area (Å²) in [6, 6.07) is 2.24. The molecule has 1 heterocycles. The van der Waals surface area contributed by atoms with E-state index in [2.05, 4.69) is 11.2 Å². The maximum atomic E-state index is 12.2. The zero-order valence-corrected chi connectivity index (χ0v) is 6.75. The zero-order valence-electron chi connectivity index (χ0n) is 5.93. The van der Waals surface area contributed by atoms with Gasteiger partial charge >= 0.3 is 6.18 Å². The van der Waals surface area contributed by atoms with E-state index in [9.17, 15) is 13.2 Å². The topological polar surface area (TPSA) is 12.9 Å². The normalized spacial score (nSPS) is 11.7. The van der Waals surface area contributed by atoms with Gasteiger partial charge in [-0.2, -0.15) is 13.2 Å². The highest BCUT2D eigenvalue weighted by molar-refractivity contribution is 8.00. The molecule has 0 amide bonds. The van der Waals surface area contributed by atoms with Gasteiger partial charge in [0.15, 0.2) is 0 Å². The second-order valence-electron chi connectivity index (χ2n) is 2.00. The van der Waals surface area contributed by atoms with Crippen molar-refractivity contribution in [2.24, 2.45) is 0 Å². The molecule has 5 heteroatoms. The molecule has 65 valence electrons. The zero-order chi connectivity index (χ0) is 9.19. The van der Waals surface area contributed by atoms with E-state index in [-0.39, 0.29) is 5.03 Å². The van der Waals surface area contributed by atoms with Gasteiger partial charge in [0.05, 0.1) is 5.56 Å². The molecule has 0 saturated heterocycles. The maximum Gasteiger partial charge on any atom is 0.419 e. The summed E-state index contributed by atoms with van der Waals surface area (Å²) in [5.41, 5.74) is -0.731. The van der Waals surface area contributed by atoms with Crippen molar-refractivity contribution in [1.82, 2.24) is 4.98 Å². The number of halogens is 3. The third kappa shape index (κ3) is 1.91. The van der Waals surface area contributed by atoms with Gasteiger partial charge in [-0.1, -0.05) is 0 Å². The highest BCUT2D eigenvalue weighted by atomic mass is 32.2. The summed E-state index contributed by atoms with van der Waals surface area (Å²) in [4.78, 5) is 3.54. The van der Waals surface area contributed by atoms with Crippen molar-refractivity contribution in [3.63, 3.8) is 0 Å². The second kappa shape index (κ2) is 3.35. The van der Waals surface area contributed by atoms with Crippen molar-refractivity contribution in [3.8, 4) is 0 Å². The minimum absolute atomic E-state index is 0.0926. The lowest BCUT2D eigenvalue weighted by Crippen LogP contribution is -2.07. The fourth-order valence-corrected chi connectivity index (χ4v) is 1.20. The minimum atomic E-state index is -4.34. The van der Waals surface area contributed by atoms with Crippen LogP contribution in [-0.2, 0) is 6.18 Å². The van der Waals surface area contributed by atoms with E-state index in [0.717, 1.165) is 17.8 Å². The predicted molar refractivity (Wildman–Crippen MR) is 40.5 cm³/mol. The number of thioether (sulfide) groups is 1. The number of aromatic nitrogens is 1. The van der Waals surface area contributed by atoms with E-state index in [4.69, 9.17) is 0 Å². The third-order valence-electron chi connectivity index (χ3n) is 1.21. The van der Waals surface area contributed by atoms with Gasteiger partial charge in [0, 0.05) is 12.5 Å². The Morgan fingerprint density at radius 1 is 1.42 bits per heavy atom. The Kier molecular flexibility index (Phi) is 2.62. The number of hydrogen-bond acceptors (Lipinski definition) is 2. The Balaban J connectivity index is 3.14. The highest BCUT2D eigenvalue weighted by Gasteiger charge is 2.33. The van der Waals surface area contributed by atoms with Gasteiger partial charge < -0.3 is 0 Å². The predicted octanol–water partition coefficient (Wildman–Crippen LogP) is 2.98. The molecule has 12 heavy (non-hydrogen) atoms. The first-order valence-corrected chi connectivity index (χ1v) is 3.98. The van der Waals surface area contributed by atoms with Crippen LogP contribution >= 0.6 is 11.8 Å². The van der Waals surface area contributed by atoms with E-state index in [0.29, 0.717) is 0 Å². The molecular weight excluding hydrogens is 187 g/mol. The molecule has 0 saturated carbocycles. The Bertz CT molecular complexity index is 272. The van der Waals surface area contributed by atoms with Crippen LogP contribution in [0.1, 0.15) is 5.56 Å². The van der Waals surface area contributed by atoms with Gasteiger partial charge in [-0.25, -0.2) is 4.98 Å². The summed E-state index contributed by atoms with van der Waals surface area (Å²) in [5.74, 6) is 0. The minimum Gasteiger partial charge on any atom is -0.249 e. The number of pyridine rings is 1. The molecule has 1 nitrogen and oxygen atoms in total. The Labute approximate surface area is 72.0 Å². The monoisotopic (exact) mass is 192 g/mol. The van der Waals surface area contributed by atoms with Crippen LogP contribution in [0, 0.1) is 6.26 Å². The molecule has 0 fully saturated rings. The first-order valence-electron chi connectivity index (χ1n) is 3.00. The fourth-order valence-electron chi connectivity index (χ4n) is 0.722. The van der Waals surface area contributed by atoms with Crippen LogP contribution in [0.2, 0.25) is 0 Å². The van der Waals surface area contributed by atoms with E-state index >= 15 is 0 Å². The molecule has 0 spiro atoms. The van der Waals surface area contributed by atoms with Crippen molar-refractivity contribution in [2.45, 2.75) is 11.2 Å². The van der Waals surface area contributed by atoms with E-state index in [1.165, 1.54) is 12.3 Å². The van der Waals surface area contributed by atoms with Crippen molar-refractivity contribution < 1.29 is 13.2 Å². The molecule has 1 aromatic heterocycles. The second-order valence-corrected chi connectivity index (χ2v) is 2.67. The van der Waals surface area contributed by atoms with Crippen LogP contribution in [0.15, 0.2) is 23.4 Å². The largest absolute Gasteiger partial charge is 0.419 e. The molecule has 0 bridgehead atoms. The van der Waals surface area contributed by atoms with E-state index in [1.807, 2.05) is 0 Å². The average molecular weight is 192 g/mol. The smallest absolute Gasteiger partial charge is 0.249 e. The van der Waals surface area contributed by atoms with Crippen molar-refractivity contribution >= 4 is 11.8 Å². The first-order chi connectivity index (χ1) is 5.55. The average Bonchev–Trinajstić information content (AvgIpc) is 2.03. The summed E-state index contributed by atoms with van der Waals surface area (Å²) >= 11 is 0.741. The summed E-state index contributed by atoms with van der Waals surface area (Å²) in [6.45, 7) is 0. The number of nitrogens with zero attached hydrogens (tertiary/aromatic N) is 1. The van der Waals surface area contributed by atoms with Crippen molar-refractivity contribution in [2.75, 3.05) is 0 Å². The molecule has 0 aromatic carbocycles. The van der Waals surface area contributed by atoms with Gasteiger partial charge in [-0.15, -0.1) is 11.8 Å². The number of alkyl halides is 3. The molecular formula is C7H5F3NS. The summed E-state index contributed by atoms with van der Waals surface area (Å²) in [5, 5.41) is -0.0926.